The maximum absolute atomic E-state index is 11.8. The van der Waals surface area contributed by atoms with Crippen LogP contribution in [0.25, 0.3) is 0 Å². The lowest BCUT2D eigenvalue weighted by molar-refractivity contribution is -0.122. The SMILES string of the molecule is CC(C)(C)CC(=O)C(N)c1ccccc1. The molecule has 2 nitrogen and oxygen atoms in total. The van der Waals surface area contributed by atoms with Gasteiger partial charge >= 0.3 is 0 Å². The van der Waals surface area contributed by atoms with E-state index in [1.165, 1.54) is 0 Å². The van der Waals surface area contributed by atoms with Crippen LogP contribution in [0.5, 0.6) is 0 Å². The van der Waals surface area contributed by atoms with Crippen LogP contribution in [-0.2, 0) is 4.79 Å². The summed E-state index contributed by atoms with van der Waals surface area (Å²) < 4.78 is 0. The van der Waals surface area contributed by atoms with Gasteiger partial charge in [-0.05, 0) is 11.0 Å². The zero-order chi connectivity index (χ0) is 11.5. The van der Waals surface area contributed by atoms with Crippen LogP contribution in [0, 0.1) is 5.41 Å². The number of carbonyl (C=O) groups is 1. The van der Waals surface area contributed by atoms with Gasteiger partial charge < -0.3 is 5.73 Å². The van der Waals surface area contributed by atoms with Crippen LogP contribution in [0.3, 0.4) is 0 Å². The quantitative estimate of drug-likeness (QED) is 0.824. The highest BCUT2D eigenvalue weighted by molar-refractivity contribution is 5.85. The molecule has 0 aliphatic heterocycles. The number of Topliss-reactive ketones (excluding diaryl/α,β-unsaturated/α-hetero) is 1. The smallest absolute Gasteiger partial charge is 0.154 e. The molecule has 1 aromatic carbocycles. The van der Waals surface area contributed by atoms with Crippen molar-refractivity contribution in [3.05, 3.63) is 35.9 Å². The monoisotopic (exact) mass is 205 g/mol. The fourth-order valence-corrected chi connectivity index (χ4v) is 1.48. The predicted molar refractivity (Wildman–Crippen MR) is 62.4 cm³/mol. The minimum atomic E-state index is -0.481. The molecule has 0 fully saturated rings. The summed E-state index contributed by atoms with van der Waals surface area (Å²) >= 11 is 0. The number of hydrogen-bond donors (Lipinski definition) is 1. The van der Waals surface area contributed by atoms with Crippen LogP contribution < -0.4 is 5.73 Å². The average molecular weight is 205 g/mol. The molecule has 15 heavy (non-hydrogen) atoms. The standard InChI is InChI=1S/C13H19NO/c1-13(2,3)9-11(15)12(14)10-7-5-4-6-8-10/h4-8,12H,9,14H2,1-3H3. The summed E-state index contributed by atoms with van der Waals surface area (Å²) in [6.45, 7) is 6.13. The number of rotatable bonds is 3. The van der Waals surface area contributed by atoms with Gasteiger partial charge in [0.2, 0.25) is 0 Å². The van der Waals surface area contributed by atoms with Crippen LogP contribution >= 0.6 is 0 Å². The Balaban J connectivity index is 2.70. The van der Waals surface area contributed by atoms with Gasteiger partial charge in [-0.15, -0.1) is 0 Å². The summed E-state index contributed by atoms with van der Waals surface area (Å²) in [6, 6.07) is 9.03. The molecular weight excluding hydrogens is 186 g/mol. The van der Waals surface area contributed by atoms with Crippen molar-refractivity contribution >= 4 is 5.78 Å². The van der Waals surface area contributed by atoms with Gasteiger partial charge in [0.25, 0.3) is 0 Å². The zero-order valence-electron chi connectivity index (χ0n) is 9.66. The predicted octanol–water partition coefficient (Wildman–Crippen LogP) is 2.69. The Labute approximate surface area is 91.5 Å². The molecule has 82 valence electrons. The molecule has 0 aliphatic rings. The van der Waals surface area contributed by atoms with E-state index in [0.717, 1.165) is 5.56 Å². The third kappa shape index (κ3) is 3.84. The van der Waals surface area contributed by atoms with Gasteiger partial charge in [-0.2, -0.15) is 0 Å². The molecule has 1 aromatic rings. The van der Waals surface area contributed by atoms with E-state index in [1.807, 2.05) is 51.1 Å². The van der Waals surface area contributed by atoms with Gasteiger partial charge in [0.05, 0.1) is 6.04 Å². The minimum Gasteiger partial charge on any atom is -0.318 e. The molecule has 1 unspecified atom stereocenters. The lowest BCUT2D eigenvalue weighted by Gasteiger charge is -2.19. The minimum absolute atomic E-state index is 0.00346. The third-order valence-corrected chi connectivity index (χ3v) is 2.21. The van der Waals surface area contributed by atoms with Crippen molar-refractivity contribution in [1.82, 2.24) is 0 Å². The van der Waals surface area contributed by atoms with Gasteiger partial charge in [-0.1, -0.05) is 51.1 Å². The molecule has 2 heteroatoms. The topological polar surface area (TPSA) is 43.1 Å². The fraction of sp³-hybridized carbons (Fsp3) is 0.462. The Bertz CT molecular complexity index is 324. The summed E-state index contributed by atoms with van der Waals surface area (Å²) in [5.41, 5.74) is 6.79. The second-order valence-corrected chi connectivity index (χ2v) is 5.09. The summed E-state index contributed by atoms with van der Waals surface area (Å²) in [5.74, 6) is 0.105. The molecule has 0 saturated carbocycles. The highest BCUT2D eigenvalue weighted by Gasteiger charge is 2.21. The average Bonchev–Trinajstić information content (AvgIpc) is 2.15. The first-order chi connectivity index (χ1) is 6.90. The first-order valence-corrected chi connectivity index (χ1v) is 5.23. The molecule has 2 N–H and O–H groups in total. The van der Waals surface area contributed by atoms with Crippen LogP contribution in [0.1, 0.15) is 38.8 Å². The highest BCUT2D eigenvalue weighted by atomic mass is 16.1. The van der Waals surface area contributed by atoms with Gasteiger partial charge in [0.15, 0.2) is 5.78 Å². The molecule has 0 saturated heterocycles. The third-order valence-electron chi connectivity index (χ3n) is 2.21. The first-order valence-electron chi connectivity index (χ1n) is 5.23. The normalized spacial score (nSPS) is 13.6. The summed E-state index contributed by atoms with van der Waals surface area (Å²) in [5, 5.41) is 0. The number of nitrogens with two attached hydrogens (primary N) is 1. The van der Waals surface area contributed by atoms with Crippen molar-refractivity contribution in [2.24, 2.45) is 11.1 Å². The zero-order valence-corrected chi connectivity index (χ0v) is 9.66. The van der Waals surface area contributed by atoms with E-state index in [0.29, 0.717) is 6.42 Å². The summed E-state index contributed by atoms with van der Waals surface area (Å²) in [4.78, 5) is 11.8. The molecule has 1 atom stereocenters. The van der Waals surface area contributed by atoms with E-state index in [4.69, 9.17) is 5.73 Å². The van der Waals surface area contributed by atoms with E-state index in [2.05, 4.69) is 0 Å². The van der Waals surface area contributed by atoms with Crippen molar-refractivity contribution in [3.63, 3.8) is 0 Å². The van der Waals surface area contributed by atoms with Crippen molar-refractivity contribution < 1.29 is 4.79 Å². The molecule has 0 spiro atoms. The number of benzene rings is 1. The highest BCUT2D eigenvalue weighted by Crippen LogP contribution is 2.23. The van der Waals surface area contributed by atoms with Crippen molar-refractivity contribution in [3.8, 4) is 0 Å². The van der Waals surface area contributed by atoms with Crippen molar-refractivity contribution in [1.29, 1.82) is 0 Å². The van der Waals surface area contributed by atoms with E-state index in [1.54, 1.807) is 0 Å². The maximum atomic E-state index is 11.8. The maximum Gasteiger partial charge on any atom is 0.154 e. The molecule has 0 bridgehead atoms. The van der Waals surface area contributed by atoms with Gasteiger partial charge in [0, 0.05) is 6.42 Å². The Kier molecular flexibility index (Phi) is 3.64. The Hall–Kier alpha value is -1.15. The number of carbonyl (C=O) groups excluding carboxylic acids is 1. The van der Waals surface area contributed by atoms with Crippen molar-refractivity contribution in [2.75, 3.05) is 0 Å². The van der Waals surface area contributed by atoms with Gasteiger partial charge in [-0.25, -0.2) is 0 Å². The second-order valence-electron chi connectivity index (χ2n) is 5.09. The molecule has 0 radical (unpaired) electrons. The van der Waals surface area contributed by atoms with Crippen LogP contribution in [-0.4, -0.2) is 5.78 Å². The van der Waals surface area contributed by atoms with Crippen molar-refractivity contribution in [2.45, 2.75) is 33.2 Å². The van der Waals surface area contributed by atoms with E-state index >= 15 is 0 Å². The number of ketones is 1. The lowest BCUT2D eigenvalue weighted by atomic mass is 9.86. The lowest BCUT2D eigenvalue weighted by Crippen LogP contribution is -2.25. The molecule has 0 amide bonds. The Morgan fingerprint density at radius 2 is 1.80 bits per heavy atom. The number of hydrogen-bond acceptors (Lipinski definition) is 2. The van der Waals surface area contributed by atoms with Crippen LogP contribution in [0.4, 0.5) is 0 Å². The van der Waals surface area contributed by atoms with Gasteiger partial charge in [0.1, 0.15) is 0 Å². The van der Waals surface area contributed by atoms with Crippen LogP contribution in [0.15, 0.2) is 30.3 Å². The molecule has 0 heterocycles. The Morgan fingerprint density at radius 1 is 1.27 bits per heavy atom. The second kappa shape index (κ2) is 4.58. The van der Waals surface area contributed by atoms with E-state index < -0.39 is 6.04 Å². The molecule has 0 aliphatic carbocycles. The Morgan fingerprint density at radius 3 is 2.27 bits per heavy atom. The summed E-state index contributed by atoms with van der Waals surface area (Å²) in [6.07, 6.45) is 0.517. The summed E-state index contributed by atoms with van der Waals surface area (Å²) in [7, 11) is 0. The molecular formula is C13H19NO. The molecule has 0 aromatic heterocycles. The first kappa shape index (κ1) is 11.9. The molecule has 1 rings (SSSR count). The van der Waals surface area contributed by atoms with Crippen LogP contribution in [0.2, 0.25) is 0 Å². The van der Waals surface area contributed by atoms with E-state index in [9.17, 15) is 4.79 Å². The fourth-order valence-electron chi connectivity index (χ4n) is 1.48. The van der Waals surface area contributed by atoms with E-state index in [-0.39, 0.29) is 11.2 Å². The largest absolute Gasteiger partial charge is 0.318 e. The van der Waals surface area contributed by atoms with Gasteiger partial charge in [-0.3, -0.25) is 4.79 Å².